The summed E-state index contributed by atoms with van der Waals surface area (Å²) in [5.41, 5.74) is 0.982. The van der Waals surface area contributed by atoms with E-state index in [2.05, 4.69) is 10.4 Å². The van der Waals surface area contributed by atoms with Gasteiger partial charge in [-0.1, -0.05) is 0 Å². The lowest BCUT2D eigenvalue weighted by Crippen LogP contribution is -2.23. The summed E-state index contributed by atoms with van der Waals surface area (Å²) in [5.74, 6) is 0.0793. The number of aromatic nitrogens is 2. The van der Waals surface area contributed by atoms with Crippen LogP contribution >= 0.6 is 0 Å². The Hall–Kier alpha value is -1.32. The van der Waals surface area contributed by atoms with E-state index < -0.39 is 0 Å². The molecule has 0 fully saturated rings. The van der Waals surface area contributed by atoms with E-state index in [9.17, 15) is 4.79 Å². The predicted molar refractivity (Wildman–Crippen MR) is 50.3 cm³/mol. The van der Waals surface area contributed by atoms with Crippen LogP contribution in [-0.4, -0.2) is 22.2 Å². The van der Waals surface area contributed by atoms with Crippen molar-refractivity contribution in [2.45, 2.75) is 26.8 Å². The number of nitrogens with zero attached hydrogens (tertiary/aromatic N) is 2. The first kappa shape index (κ1) is 9.77. The van der Waals surface area contributed by atoms with Crippen molar-refractivity contribution in [2.75, 3.05) is 6.54 Å². The van der Waals surface area contributed by atoms with Crippen LogP contribution in [0.1, 0.15) is 19.0 Å². The highest BCUT2D eigenvalue weighted by Crippen LogP contribution is 1.94. The lowest BCUT2D eigenvalue weighted by Gasteiger charge is -2.01. The van der Waals surface area contributed by atoms with Crippen LogP contribution in [0.5, 0.6) is 0 Å². The molecule has 4 heteroatoms. The van der Waals surface area contributed by atoms with Gasteiger partial charge in [-0.3, -0.25) is 9.48 Å². The highest BCUT2D eigenvalue weighted by atomic mass is 16.1. The van der Waals surface area contributed by atoms with E-state index in [0.717, 1.165) is 5.69 Å². The second-order valence-electron chi connectivity index (χ2n) is 2.92. The van der Waals surface area contributed by atoms with Gasteiger partial charge in [0.15, 0.2) is 0 Å². The Morgan fingerprint density at radius 1 is 1.69 bits per heavy atom. The Labute approximate surface area is 77.9 Å². The van der Waals surface area contributed by atoms with Gasteiger partial charge >= 0.3 is 0 Å². The minimum atomic E-state index is 0.0793. The summed E-state index contributed by atoms with van der Waals surface area (Å²) in [4.78, 5) is 11.1. The molecule has 1 aromatic heterocycles. The van der Waals surface area contributed by atoms with Gasteiger partial charge in [-0.25, -0.2) is 0 Å². The Balaban J connectivity index is 2.30. The van der Waals surface area contributed by atoms with Gasteiger partial charge in [-0.2, -0.15) is 5.10 Å². The van der Waals surface area contributed by atoms with Crippen LogP contribution in [0.2, 0.25) is 0 Å². The van der Waals surface area contributed by atoms with Crippen molar-refractivity contribution in [3.63, 3.8) is 0 Å². The summed E-state index contributed by atoms with van der Waals surface area (Å²) in [6, 6.07) is 1.93. The molecule has 0 aliphatic carbocycles. The fourth-order valence-electron chi connectivity index (χ4n) is 1.09. The van der Waals surface area contributed by atoms with E-state index in [4.69, 9.17) is 0 Å². The molecule has 13 heavy (non-hydrogen) atoms. The third-order valence-electron chi connectivity index (χ3n) is 1.72. The average molecular weight is 181 g/mol. The van der Waals surface area contributed by atoms with Crippen LogP contribution < -0.4 is 5.32 Å². The maximum Gasteiger partial charge on any atom is 0.221 e. The monoisotopic (exact) mass is 181 g/mol. The first-order valence-electron chi connectivity index (χ1n) is 4.49. The summed E-state index contributed by atoms with van der Waals surface area (Å²) < 4.78 is 1.78. The van der Waals surface area contributed by atoms with Crippen LogP contribution in [0.4, 0.5) is 0 Å². The second-order valence-corrected chi connectivity index (χ2v) is 2.92. The lowest BCUT2D eigenvalue weighted by molar-refractivity contribution is -0.121. The summed E-state index contributed by atoms with van der Waals surface area (Å²) in [6.45, 7) is 5.19. The summed E-state index contributed by atoms with van der Waals surface area (Å²) in [5, 5.41) is 6.92. The molecule has 0 radical (unpaired) electrons. The Bertz CT molecular complexity index is 280. The van der Waals surface area contributed by atoms with E-state index in [1.165, 1.54) is 0 Å². The molecule has 0 bridgehead atoms. The van der Waals surface area contributed by atoms with Crippen molar-refractivity contribution in [2.24, 2.45) is 0 Å². The molecular weight excluding hydrogens is 166 g/mol. The van der Waals surface area contributed by atoms with Crippen LogP contribution in [0.25, 0.3) is 0 Å². The molecule has 1 aromatic rings. The van der Waals surface area contributed by atoms with Crippen molar-refractivity contribution < 1.29 is 4.79 Å². The normalized spacial score (nSPS) is 10.0. The van der Waals surface area contributed by atoms with Gasteiger partial charge in [0.25, 0.3) is 0 Å². The number of carbonyl (C=O) groups is 1. The molecule has 0 atom stereocenters. The molecule has 1 heterocycles. The van der Waals surface area contributed by atoms with Gasteiger partial charge in [-0.15, -0.1) is 0 Å². The van der Waals surface area contributed by atoms with Gasteiger partial charge in [0, 0.05) is 25.7 Å². The number of nitrogens with one attached hydrogen (secondary N) is 1. The minimum absolute atomic E-state index is 0.0793. The van der Waals surface area contributed by atoms with Gasteiger partial charge in [0.05, 0.1) is 5.69 Å². The molecule has 1 N–H and O–H groups in total. The third kappa shape index (κ3) is 3.27. The van der Waals surface area contributed by atoms with E-state index in [0.29, 0.717) is 19.5 Å². The molecule has 0 saturated heterocycles. The second kappa shape index (κ2) is 4.64. The molecule has 72 valence electrons. The molecule has 0 aromatic carbocycles. The summed E-state index contributed by atoms with van der Waals surface area (Å²) >= 11 is 0. The first-order chi connectivity index (χ1) is 6.22. The van der Waals surface area contributed by atoms with Crippen molar-refractivity contribution in [3.05, 3.63) is 18.0 Å². The zero-order valence-corrected chi connectivity index (χ0v) is 8.08. The lowest BCUT2D eigenvalue weighted by atomic mass is 10.4. The smallest absolute Gasteiger partial charge is 0.221 e. The van der Waals surface area contributed by atoms with Crippen LogP contribution in [0, 0.1) is 6.92 Å². The number of hydrogen-bond donors (Lipinski definition) is 1. The fourth-order valence-corrected chi connectivity index (χ4v) is 1.09. The van der Waals surface area contributed by atoms with Crippen molar-refractivity contribution in [1.82, 2.24) is 15.1 Å². The van der Waals surface area contributed by atoms with E-state index in [1.807, 2.05) is 26.1 Å². The Morgan fingerprint density at radius 2 is 2.46 bits per heavy atom. The maximum atomic E-state index is 11.1. The number of aryl methyl sites for hydroxylation is 2. The third-order valence-corrected chi connectivity index (χ3v) is 1.72. The Kier molecular flexibility index (Phi) is 3.49. The molecule has 0 unspecified atom stereocenters. The van der Waals surface area contributed by atoms with Crippen molar-refractivity contribution in [1.29, 1.82) is 0 Å². The van der Waals surface area contributed by atoms with Crippen molar-refractivity contribution >= 4 is 5.91 Å². The zero-order valence-electron chi connectivity index (χ0n) is 8.08. The quantitative estimate of drug-likeness (QED) is 0.744. The summed E-state index contributed by atoms with van der Waals surface area (Å²) in [6.07, 6.45) is 2.38. The molecule has 4 nitrogen and oxygen atoms in total. The van der Waals surface area contributed by atoms with Gasteiger partial charge in [0.1, 0.15) is 0 Å². The molecule has 0 aliphatic rings. The number of hydrogen-bond acceptors (Lipinski definition) is 2. The van der Waals surface area contributed by atoms with Gasteiger partial charge in [0.2, 0.25) is 5.91 Å². The standard InChI is InChI=1S/C9H15N3O/c1-3-10-9(13)5-7-12-6-4-8(2)11-12/h4,6H,3,5,7H2,1-2H3,(H,10,13). The van der Waals surface area contributed by atoms with E-state index >= 15 is 0 Å². The largest absolute Gasteiger partial charge is 0.356 e. The number of rotatable bonds is 4. The maximum absolute atomic E-state index is 11.1. The molecule has 0 aliphatic heterocycles. The molecule has 1 rings (SSSR count). The first-order valence-corrected chi connectivity index (χ1v) is 4.49. The zero-order chi connectivity index (χ0) is 9.68. The molecule has 0 saturated carbocycles. The highest BCUT2D eigenvalue weighted by molar-refractivity contribution is 5.75. The molecule has 0 spiro atoms. The average Bonchev–Trinajstić information content (AvgIpc) is 2.49. The SMILES string of the molecule is CCNC(=O)CCn1ccc(C)n1. The van der Waals surface area contributed by atoms with Crippen LogP contribution in [-0.2, 0) is 11.3 Å². The highest BCUT2D eigenvalue weighted by Gasteiger charge is 2.00. The van der Waals surface area contributed by atoms with E-state index in [1.54, 1.807) is 4.68 Å². The molecular formula is C9H15N3O. The van der Waals surface area contributed by atoms with Gasteiger partial charge in [-0.05, 0) is 19.9 Å². The fraction of sp³-hybridized carbons (Fsp3) is 0.556. The number of carbonyl (C=O) groups excluding carboxylic acids is 1. The minimum Gasteiger partial charge on any atom is -0.356 e. The molecule has 1 amide bonds. The topological polar surface area (TPSA) is 46.9 Å². The Morgan fingerprint density at radius 3 is 3.00 bits per heavy atom. The van der Waals surface area contributed by atoms with E-state index in [-0.39, 0.29) is 5.91 Å². The van der Waals surface area contributed by atoms with Crippen LogP contribution in [0.15, 0.2) is 12.3 Å². The number of amides is 1. The van der Waals surface area contributed by atoms with Crippen molar-refractivity contribution in [3.8, 4) is 0 Å². The summed E-state index contributed by atoms with van der Waals surface area (Å²) in [7, 11) is 0. The van der Waals surface area contributed by atoms with Crippen LogP contribution in [0.3, 0.4) is 0 Å². The predicted octanol–water partition coefficient (Wildman–Crippen LogP) is 0.718. The van der Waals surface area contributed by atoms with Gasteiger partial charge < -0.3 is 5.32 Å².